The van der Waals surface area contributed by atoms with Crippen molar-refractivity contribution in [2.24, 2.45) is 5.92 Å². The largest absolute Gasteiger partial charge is 0.341 e. The number of piperidine rings is 1. The lowest BCUT2D eigenvalue weighted by Gasteiger charge is -2.33. The fourth-order valence-corrected chi connectivity index (χ4v) is 4.20. The minimum absolute atomic E-state index is 0.268. The molecule has 0 bridgehead atoms. The molecule has 3 rings (SSSR count). The average Bonchev–Trinajstić information content (AvgIpc) is 2.74. The Morgan fingerprint density at radius 2 is 1.64 bits per heavy atom. The first-order valence-electron chi connectivity index (χ1n) is 10.7. The molecule has 1 atom stereocenters. The summed E-state index contributed by atoms with van der Waals surface area (Å²) in [7, 11) is 1.92. The minimum Gasteiger partial charge on any atom is -0.341 e. The molecule has 0 N–H and O–H groups in total. The Kier molecular flexibility index (Phi) is 7.67. The highest BCUT2D eigenvalue weighted by molar-refractivity contribution is 5.75. The van der Waals surface area contributed by atoms with Crippen molar-refractivity contribution in [1.82, 2.24) is 9.80 Å². The van der Waals surface area contributed by atoms with E-state index in [1.165, 1.54) is 24.0 Å². The lowest BCUT2D eigenvalue weighted by atomic mass is 9.91. The number of rotatable bonds is 8. The molecule has 3 nitrogen and oxygen atoms in total. The van der Waals surface area contributed by atoms with Crippen LogP contribution < -0.4 is 0 Å². The number of amides is 1. The Labute approximate surface area is 170 Å². The van der Waals surface area contributed by atoms with Crippen molar-refractivity contribution in [3.63, 3.8) is 0 Å². The second-order valence-electron chi connectivity index (χ2n) is 8.33. The summed E-state index contributed by atoms with van der Waals surface area (Å²) in [6.45, 7) is 6.49. The number of carbonyl (C=O) groups is 1. The van der Waals surface area contributed by atoms with Gasteiger partial charge in [-0.2, -0.15) is 0 Å². The maximum Gasteiger partial charge on any atom is 0.222 e. The van der Waals surface area contributed by atoms with E-state index in [-0.39, 0.29) is 5.91 Å². The van der Waals surface area contributed by atoms with Gasteiger partial charge in [0.25, 0.3) is 0 Å². The molecule has 3 heteroatoms. The Bertz CT molecular complexity index is 708. The van der Waals surface area contributed by atoms with Gasteiger partial charge in [0.1, 0.15) is 0 Å². The van der Waals surface area contributed by atoms with Gasteiger partial charge in [-0.3, -0.25) is 4.79 Å². The van der Waals surface area contributed by atoms with E-state index < -0.39 is 0 Å². The van der Waals surface area contributed by atoms with Crippen LogP contribution >= 0.6 is 0 Å². The molecule has 0 aromatic heterocycles. The monoisotopic (exact) mass is 378 g/mol. The Hall–Kier alpha value is -2.13. The van der Waals surface area contributed by atoms with Gasteiger partial charge in [-0.25, -0.2) is 0 Å². The van der Waals surface area contributed by atoms with Gasteiger partial charge in [-0.15, -0.1) is 0 Å². The summed E-state index contributed by atoms with van der Waals surface area (Å²) in [5, 5.41) is 0. The SMILES string of the molecule is C[C@@H](CN1CCC(CCC(=O)N(C)Cc2ccccc2)CC1)c1ccccc1. The molecular weight excluding hydrogens is 344 g/mol. The number of likely N-dealkylation sites (tertiary alicyclic amines) is 1. The standard InChI is InChI=1S/C25H34N2O/c1-21(24-11-7-4-8-12-24)19-27-17-15-22(16-18-27)13-14-25(28)26(2)20-23-9-5-3-6-10-23/h3-12,21-22H,13-20H2,1-2H3/t21-/m0/s1. The molecule has 1 fully saturated rings. The van der Waals surface area contributed by atoms with Gasteiger partial charge in [-0.1, -0.05) is 67.6 Å². The third-order valence-corrected chi connectivity index (χ3v) is 6.06. The molecule has 0 aliphatic carbocycles. The predicted molar refractivity (Wildman–Crippen MR) is 116 cm³/mol. The highest BCUT2D eigenvalue weighted by Crippen LogP contribution is 2.25. The third kappa shape index (κ3) is 6.20. The third-order valence-electron chi connectivity index (χ3n) is 6.06. The summed E-state index contributed by atoms with van der Waals surface area (Å²) in [4.78, 5) is 16.9. The summed E-state index contributed by atoms with van der Waals surface area (Å²) in [6.07, 6.45) is 4.14. The van der Waals surface area contributed by atoms with E-state index in [1.807, 2.05) is 30.1 Å². The fourth-order valence-electron chi connectivity index (χ4n) is 4.20. The zero-order chi connectivity index (χ0) is 19.8. The number of nitrogens with zero attached hydrogens (tertiary/aromatic N) is 2. The molecule has 2 aromatic carbocycles. The normalized spacial score (nSPS) is 16.6. The van der Waals surface area contributed by atoms with E-state index >= 15 is 0 Å². The lowest BCUT2D eigenvalue weighted by molar-refractivity contribution is -0.130. The van der Waals surface area contributed by atoms with Gasteiger partial charge < -0.3 is 9.80 Å². The molecule has 0 saturated carbocycles. The number of carbonyl (C=O) groups excluding carboxylic acids is 1. The molecule has 2 aromatic rings. The van der Waals surface area contributed by atoms with Crippen LogP contribution in [0, 0.1) is 5.92 Å². The highest BCUT2D eigenvalue weighted by atomic mass is 16.2. The van der Waals surface area contributed by atoms with Crippen molar-refractivity contribution >= 4 is 5.91 Å². The maximum atomic E-state index is 12.5. The van der Waals surface area contributed by atoms with E-state index in [9.17, 15) is 4.79 Å². The van der Waals surface area contributed by atoms with Crippen LogP contribution in [-0.4, -0.2) is 42.4 Å². The van der Waals surface area contributed by atoms with Crippen molar-refractivity contribution in [2.45, 2.75) is 45.1 Å². The Morgan fingerprint density at radius 3 is 2.29 bits per heavy atom. The molecule has 1 aliphatic rings. The van der Waals surface area contributed by atoms with E-state index in [1.54, 1.807) is 0 Å². The van der Waals surface area contributed by atoms with Gasteiger partial charge in [-0.05, 0) is 55.3 Å². The molecule has 1 heterocycles. The van der Waals surface area contributed by atoms with Crippen LogP contribution in [0.5, 0.6) is 0 Å². The van der Waals surface area contributed by atoms with Crippen molar-refractivity contribution < 1.29 is 4.79 Å². The van der Waals surface area contributed by atoms with Crippen LogP contribution in [0.4, 0.5) is 0 Å². The van der Waals surface area contributed by atoms with Crippen LogP contribution in [0.2, 0.25) is 0 Å². The predicted octanol–water partition coefficient (Wildman–Crippen LogP) is 4.94. The van der Waals surface area contributed by atoms with Gasteiger partial charge in [0.05, 0.1) is 0 Å². The lowest BCUT2D eigenvalue weighted by Crippen LogP contribution is -2.36. The van der Waals surface area contributed by atoms with Crippen LogP contribution in [0.15, 0.2) is 60.7 Å². The minimum atomic E-state index is 0.268. The quantitative estimate of drug-likeness (QED) is 0.649. The molecule has 28 heavy (non-hydrogen) atoms. The second-order valence-corrected chi connectivity index (χ2v) is 8.33. The van der Waals surface area contributed by atoms with Crippen LogP contribution in [-0.2, 0) is 11.3 Å². The van der Waals surface area contributed by atoms with Crippen LogP contribution in [0.1, 0.15) is 49.7 Å². The van der Waals surface area contributed by atoms with E-state index in [0.717, 1.165) is 26.1 Å². The molecule has 1 aliphatic heterocycles. The number of hydrogen-bond donors (Lipinski definition) is 0. The zero-order valence-corrected chi connectivity index (χ0v) is 17.4. The summed E-state index contributed by atoms with van der Waals surface area (Å²) in [5.41, 5.74) is 2.62. The van der Waals surface area contributed by atoms with E-state index in [0.29, 0.717) is 24.8 Å². The summed E-state index contributed by atoms with van der Waals surface area (Å²) < 4.78 is 0. The first-order chi connectivity index (χ1) is 13.6. The molecule has 0 radical (unpaired) electrons. The van der Waals surface area contributed by atoms with Crippen LogP contribution in [0.3, 0.4) is 0 Å². The first kappa shape index (κ1) is 20.6. The van der Waals surface area contributed by atoms with Gasteiger partial charge >= 0.3 is 0 Å². The Balaban J connectivity index is 1.35. The number of hydrogen-bond acceptors (Lipinski definition) is 2. The molecule has 1 amide bonds. The first-order valence-corrected chi connectivity index (χ1v) is 10.7. The summed E-state index contributed by atoms with van der Waals surface area (Å²) in [6, 6.07) is 21.0. The zero-order valence-electron chi connectivity index (χ0n) is 17.4. The van der Waals surface area contributed by atoms with E-state index in [2.05, 4.69) is 54.3 Å². The molecule has 0 unspecified atom stereocenters. The second kappa shape index (κ2) is 10.4. The van der Waals surface area contributed by atoms with Crippen LogP contribution in [0.25, 0.3) is 0 Å². The van der Waals surface area contributed by atoms with Crippen molar-refractivity contribution in [2.75, 3.05) is 26.7 Å². The van der Waals surface area contributed by atoms with Gasteiger partial charge in [0.2, 0.25) is 5.91 Å². The number of benzene rings is 2. The molecule has 1 saturated heterocycles. The Morgan fingerprint density at radius 1 is 1.04 bits per heavy atom. The average molecular weight is 379 g/mol. The molecule has 150 valence electrons. The van der Waals surface area contributed by atoms with Crippen molar-refractivity contribution in [3.05, 3.63) is 71.8 Å². The fraction of sp³-hybridized carbons (Fsp3) is 0.480. The van der Waals surface area contributed by atoms with Gasteiger partial charge in [0, 0.05) is 26.6 Å². The van der Waals surface area contributed by atoms with E-state index in [4.69, 9.17) is 0 Å². The van der Waals surface area contributed by atoms with Crippen molar-refractivity contribution in [1.29, 1.82) is 0 Å². The van der Waals surface area contributed by atoms with Gasteiger partial charge in [0.15, 0.2) is 0 Å². The summed E-state index contributed by atoms with van der Waals surface area (Å²) in [5.74, 6) is 1.53. The highest BCUT2D eigenvalue weighted by Gasteiger charge is 2.22. The molecular formula is C25H34N2O. The maximum absolute atomic E-state index is 12.5. The topological polar surface area (TPSA) is 23.6 Å². The smallest absolute Gasteiger partial charge is 0.222 e. The summed E-state index contributed by atoms with van der Waals surface area (Å²) >= 11 is 0. The van der Waals surface area contributed by atoms with Crippen molar-refractivity contribution in [3.8, 4) is 0 Å². The molecule has 0 spiro atoms.